The first-order valence-electron chi connectivity index (χ1n) is 5.92. The van der Waals surface area contributed by atoms with E-state index in [9.17, 15) is 9.90 Å². The van der Waals surface area contributed by atoms with Crippen LogP contribution in [0.15, 0.2) is 0 Å². The number of carbonyl (C=O) groups excluding carboxylic acids is 1. The fraction of sp³-hybridized carbons (Fsp3) is 0.636. The van der Waals surface area contributed by atoms with Crippen LogP contribution in [-0.4, -0.2) is 60.9 Å². The largest absolute Gasteiger partial charge is 0.389 e. The van der Waals surface area contributed by atoms with E-state index in [-0.39, 0.29) is 24.9 Å². The van der Waals surface area contributed by atoms with Crippen LogP contribution < -0.4 is 11.1 Å². The van der Waals surface area contributed by atoms with Gasteiger partial charge in [0.2, 0.25) is 0 Å². The van der Waals surface area contributed by atoms with Crippen LogP contribution in [0, 0.1) is 0 Å². The Kier molecular flexibility index (Phi) is 6.00. The summed E-state index contributed by atoms with van der Waals surface area (Å²) in [4.78, 5) is 18.0. The molecule has 4 N–H and O–H groups in total. The molecule has 8 heteroatoms. The third kappa shape index (κ3) is 4.34. The summed E-state index contributed by atoms with van der Waals surface area (Å²) in [6, 6.07) is 0. The van der Waals surface area contributed by atoms with Crippen molar-refractivity contribution in [2.75, 3.05) is 44.9 Å². The summed E-state index contributed by atoms with van der Waals surface area (Å²) in [5.41, 5.74) is 5.72. The minimum Gasteiger partial charge on any atom is -0.389 e. The van der Waals surface area contributed by atoms with E-state index in [0.29, 0.717) is 16.6 Å². The molecule has 1 atom stereocenters. The van der Waals surface area contributed by atoms with Crippen molar-refractivity contribution in [2.45, 2.75) is 13.0 Å². The van der Waals surface area contributed by atoms with Crippen LogP contribution in [0.3, 0.4) is 0 Å². The normalized spacial score (nSPS) is 12.2. The summed E-state index contributed by atoms with van der Waals surface area (Å²) < 4.78 is 4.82. The SMILES string of the molecule is CCNc1nc(N)c(C(=O)N(C)CC(O)COC)s1. The van der Waals surface area contributed by atoms with Crippen LogP contribution in [0.2, 0.25) is 0 Å². The molecule has 1 rings (SSSR count). The Hall–Kier alpha value is -1.38. The number of nitrogen functional groups attached to an aromatic ring is 1. The van der Waals surface area contributed by atoms with Crippen LogP contribution in [0.4, 0.5) is 10.9 Å². The first-order chi connectivity index (χ1) is 8.99. The van der Waals surface area contributed by atoms with Gasteiger partial charge in [-0.15, -0.1) is 0 Å². The van der Waals surface area contributed by atoms with Crippen molar-refractivity contribution in [2.24, 2.45) is 0 Å². The lowest BCUT2D eigenvalue weighted by atomic mass is 10.3. The number of anilines is 2. The van der Waals surface area contributed by atoms with Crippen molar-refractivity contribution >= 4 is 28.2 Å². The summed E-state index contributed by atoms with van der Waals surface area (Å²) in [6.45, 7) is 3.01. The highest BCUT2D eigenvalue weighted by molar-refractivity contribution is 7.18. The number of hydrogen-bond acceptors (Lipinski definition) is 7. The van der Waals surface area contributed by atoms with Gasteiger partial charge in [0.25, 0.3) is 5.91 Å². The van der Waals surface area contributed by atoms with Crippen molar-refractivity contribution in [3.8, 4) is 0 Å². The van der Waals surface area contributed by atoms with E-state index in [1.165, 1.54) is 23.3 Å². The minimum absolute atomic E-state index is 0.179. The highest BCUT2D eigenvalue weighted by atomic mass is 32.1. The first-order valence-corrected chi connectivity index (χ1v) is 6.73. The van der Waals surface area contributed by atoms with Gasteiger partial charge in [-0.1, -0.05) is 11.3 Å². The van der Waals surface area contributed by atoms with Crippen LogP contribution in [-0.2, 0) is 4.74 Å². The molecule has 0 fully saturated rings. The van der Waals surface area contributed by atoms with Gasteiger partial charge in [0.05, 0.1) is 12.7 Å². The van der Waals surface area contributed by atoms with Crippen molar-refractivity contribution in [1.82, 2.24) is 9.88 Å². The molecule has 1 aromatic rings. The Morgan fingerprint density at radius 1 is 1.68 bits per heavy atom. The van der Waals surface area contributed by atoms with E-state index in [1.54, 1.807) is 7.05 Å². The van der Waals surface area contributed by atoms with Crippen molar-refractivity contribution < 1.29 is 14.6 Å². The second kappa shape index (κ2) is 7.27. The maximum absolute atomic E-state index is 12.2. The van der Waals surface area contributed by atoms with Crippen molar-refractivity contribution in [3.05, 3.63) is 4.88 Å². The summed E-state index contributed by atoms with van der Waals surface area (Å²) in [5.74, 6) is -0.0478. The molecular weight excluding hydrogens is 268 g/mol. The fourth-order valence-corrected chi connectivity index (χ4v) is 2.48. The molecule has 1 unspecified atom stereocenters. The number of thiazole rings is 1. The number of carbonyl (C=O) groups is 1. The number of hydrogen-bond donors (Lipinski definition) is 3. The van der Waals surface area contributed by atoms with Gasteiger partial charge in [-0.3, -0.25) is 4.79 Å². The Morgan fingerprint density at radius 3 is 2.95 bits per heavy atom. The van der Waals surface area contributed by atoms with E-state index in [2.05, 4.69) is 10.3 Å². The molecule has 19 heavy (non-hydrogen) atoms. The molecule has 0 bridgehead atoms. The lowest BCUT2D eigenvalue weighted by molar-refractivity contribution is 0.0382. The van der Waals surface area contributed by atoms with Crippen LogP contribution in [0.1, 0.15) is 16.6 Å². The van der Waals surface area contributed by atoms with Crippen LogP contribution >= 0.6 is 11.3 Å². The van der Waals surface area contributed by atoms with Gasteiger partial charge in [0.1, 0.15) is 10.7 Å². The number of rotatable bonds is 7. The van der Waals surface area contributed by atoms with Gasteiger partial charge >= 0.3 is 0 Å². The highest BCUT2D eigenvalue weighted by Gasteiger charge is 2.21. The summed E-state index contributed by atoms with van der Waals surface area (Å²) in [7, 11) is 3.10. The molecule has 0 saturated heterocycles. The standard InChI is InChI=1S/C11H20N4O3S/c1-4-13-11-14-9(12)8(19-11)10(17)15(2)5-7(16)6-18-3/h7,16H,4-6,12H2,1-3H3,(H,13,14). The van der Waals surface area contributed by atoms with Gasteiger partial charge in [0.15, 0.2) is 5.13 Å². The zero-order valence-electron chi connectivity index (χ0n) is 11.3. The highest BCUT2D eigenvalue weighted by Crippen LogP contribution is 2.25. The molecule has 1 aromatic heterocycles. The smallest absolute Gasteiger partial charge is 0.267 e. The molecule has 0 aromatic carbocycles. The lowest BCUT2D eigenvalue weighted by Crippen LogP contribution is -2.36. The number of aliphatic hydroxyl groups is 1. The molecular formula is C11H20N4O3S. The van der Waals surface area contributed by atoms with Gasteiger partial charge in [-0.2, -0.15) is 0 Å². The number of likely N-dealkylation sites (N-methyl/N-ethyl adjacent to an activating group) is 1. The number of aliphatic hydroxyl groups excluding tert-OH is 1. The predicted octanol–water partition coefficient (Wildman–Crippen LogP) is 0.236. The van der Waals surface area contributed by atoms with Gasteiger partial charge in [0, 0.05) is 27.2 Å². The predicted molar refractivity (Wildman–Crippen MR) is 75.5 cm³/mol. The Morgan fingerprint density at radius 2 is 2.37 bits per heavy atom. The Balaban J connectivity index is 2.70. The molecule has 0 spiro atoms. The molecule has 0 saturated carbocycles. The van der Waals surface area contributed by atoms with Crippen molar-refractivity contribution in [3.63, 3.8) is 0 Å². The molecule has 0 radical (unpaired) electrons. The number of nitrogens with one attached hydrogen (secondary N) is 1. The van der Waals surface area contributed by atoms with Crippen LogP contribution in [0.25, 0.3) is 0 Å². The number of ether oxygens (including phenoxy) is 1. The van der Waals surface area contributed by atoms with E-state index in [1.807, 2.05) is 6.92 Å². The topological polar surface area (TPSA) is 101 Å². The van der Waals surface area contributed by atoms with E-state index in [4.69, 9.17) is 10.5 Å². The molecule has 0 aliphatic heterocycles. The zero-order chi connectivity index (χ0) is 14.4. The number of amides is 1. The van der Waals surface area contributed by atoms with Gasteiger partial charge < -0.3 is 25.8 Å². The van der Waals surface area contributed by atoms with Gasteiger partial charge in [-0.25, -0.2) is 4.98 Å². The minimum atomic E-state index is -0.721. The van der Waals surface area contributed by atoms with E-state index >= 15 is 0 Å². The fourth-order valence-electron chi connectivity index (χ4n) is 1.53. The van der Waals surface area contributed by atoms with E-state index < -0.39 is 6.10 Å². The monoisotopic (exact) mass is 288 g/mol. The molecule has 108 valence electrons. The third-order valence-electron chi connectivity index (χ3n) is 2.37. The maximum atomic E-state index is 12.2. The lowest BCUT2D eigenvalue weighted by Gasteiger charge is -2.19. The number of nitrogens with two attached hydrogens (primary N) is 1. The Labute approximate surface area is 116 Å². The molecule has 1 heterocycles. The maximum Gasteiger partial charge on any atom is 0.267 e. The third-order valence-corrected chi connectivity index (χ3v) is 3.38. The summed E-state index contributed by atoms with van der Waals surface area (Å²) in [6.07, 6.45) is -0.721. The number of methoxy groups -OCH3 is 1. The van der Waals surface area contributed by atoms with Crippen LogP contribution in [0.5, 0.6) is 0 Å². The van der Waals surface area contributed by atoms with Crippen molar-refractivity contribution in [1.29, 1.82) is 0 Å². The molecule has 1 amide bonds. The number of aromatic nitrogens is 1. The second-order valence-corrected chi connectivity index (χ2v) is 5.06. The molecule has 0 aliphatic rings. The second-order valence-electron chi connectivity index (χ2n) is 4.06. The van der Waals surface area contributed by atoms with E-state index in [0.717, 1.165) is 0 Å². The summed E-state index contributed by atoms with van der Waals surface area (Å²) in [5, 5.41) is 13.2. The molecule has 7 nitrogen and oxygen atoms in total. The zero-order valence-corrected chi connectivity index (χ0v) is 12.2. The quantitative estimate of drug-likeness (QED) is 0.664. The first kappa shape index (κ1) is 15.7. The van der Waals surface area contributed by atoms with Gasteiger partial charge in [-0.05, 0) is 6.92 Å². The average molecular weight is 288 g/mol. The number of nitrogens with zero attached hydrogens (tertiary/aromatic N) is 2. The average Bonchev–Trinajstić information content (AvgIpc) is 2.70. The Bertz CT molecular complexity index is 424. The summed E-state index contributed by atoms with van der Waals surface area (Å²) >= 11 is 1.21. The molecule has 0 aliphatic carbocycles.